The third-order valence-corrected chi connectivity index (χ3v) is 3.28. The summed E-state index contributed by atoms with van der Waals surface area (Å²) in [5.74, 6) is -0.955. The zero-order valence-corrected chi connectivity index (χ0v) is 12.2. The van der Waals surface area contributed by atoms with Crippen molar-refractivity contribution in [2.45, 2.75) is 19.4 Å². The zero-order valence-electron chi connectivity index (χ0n) is 12.2. The zero-order chi connectivity index (χ0) is 15.5. The largest absolute Gasteiger partial charge is 0.467 e. The Kier molecular flexibility index (Phi) is 4.21. The molecule has 1 unspecified atom stereocenters. The number of hydrogen-bond acceptors (Lipinski definition) is 4. The number of rotatable bonds is 4. The van der Waals surface area contributed by atoms with E-state index in [1.165, 1.54) is 19.2 Å². The number of anilines is 1. The van der Waals surface area contributed by atoms with Crippen molar-refractivity contribution in [3.8, 4) is 0 Å². The van der Waals surface area contributed by atoms with Crippen LogP contribution in [-0.4, -0.2) is 18.1 Å². The minimum absolute atomic E-state index is 0.385. The molecule has 2 aromatic rings. The van der Waals surface area contributed by atoms with Gasteiger partial charge in [-0.15, -0.1) is 0 Å². The molecule has 0 bridgehead atoms. The van der Waals surface area contributed by atoms with Crippen molar-refractivity contribution >= 4 is 11.7 Å². The lowest BCUT2D eigenvalue weighted by Crippen LogP contribution is -2.42. The molecule has 0 amide bonds. The summed E-state index contributed by atoms with van der Waals surface area (Å²) in [6, 6.07) is 10.3. The van der Waals surface area contributed by atoms with Gasteiger partial charge in [-0.2, -0.15) is 0 Å². The number of hydrogen-bond donors (Lipinski definition) is 1. The van der Waals surface area contributed by atoms with Crippen LogP contribution in [0.25, 0.3) is 0 Å². The second-order valence-corrected chi connectivity index (χ2v) is 4.97. The van der Waals surface area contributed by atoms with Crippen molar-refractivity contribution in [2.75, 3.05) is 12.4 Å². The third-order valence-electron chi connectivity index (χ3n) is 3.28. The van der Waals surface area contributed by atoms with E-state index in [2.05, 4.69) is 10.3 Å². The van der Waals surface area contributed by atoms with Gasteiger partial charge in [0.2, 0.25) is 0 Å². The van der Waals surface area contributed by atoms with Gasteiger partial charge in [0.15, 0.2) is 5.54 Å². The van der Waals surface area contributed by atoms with Crippen molar-refractivity contribution in [3.63, 3.8) is 0 Å². The average Bonchev–Trinajstić information content (AvgIpc) is 2.49. The van der Waals surface area contributed by atoms with E-state index in [4.69, 9.17) is 4.74 Å². The number of methoxy groups -OCH3 is 1. The Morgan fingerprint density at radius 1 is 1.24 bits per heavy atom. The van der Waals surface area contributed by atoms with Crippen molar-refractivity contribution < 1.29 is 13.9 Å². The Hall–Kier alpha value is -2.43. The average molecular weight is 288 g/mol. The molecule has 1 atom stereocenters. The predicted octanol–water partition coefficient (Wildman–Crippen LogP) is 3.03. The Bertz CT molecular complexity index is 626. The fraction of sp³-hybridized carbons (Fsp3) is 0.250. The van der Waals surface area contributed by atoms with Crippen LogP contribution in [0.4, 0.5) is 10.1 Å². The van der Waals surface area contributed by atoms with Crippen molar-refractivity contribution in [1.82, 2.24) is 4.98 Å². The molecule has 1 N–H and O–H groups in total. The van der Waals surface area contributed by atoms with Gasteiger partial charge in [-0.25, -0.2) is 9.18 Å². The lowest BCUT2D eigenvalue weighted by molar-refractivity contribution is -0.145. The molecule has 1 aromatic carbocycles. The topological polar surface area (TPSA) is 51.2 Å². The molecular weight excluding hydrogens is 271 g/mol. The Labute approximate surface area is 123 Å². The summed E-state index contributed by atoms with van der Waals surface area (Å²) in [7, 11) is 1.31. The molecular formula is C16H17FN2O2. The van der Waals surface area contributed by atoms with E-state index in [0.717, 1.165) is 17.4 Å². The molecule has 110 valence electrons. The number of benzene rings is 1. The minimum atomic E-state index is -1.20. The van der Waals surface area contributed by atoms with Crippen LogP contribution in [-0.2, 0) is 15.1 Å². The highest BCUT2D eigenvalue weighted by Gasteiger charge is 2.38. The number of esters is 1. The molecule has 0 fully saturated rings. The normalized spacial score (nSPS) is 13.3. The summed E-state index contributed by atoms with van der Waals surface area (Å²) in [4.78, 5) is 16.2. The van der Waals surface area contributed by atoms with Crippen LogP contribution in [0.1, 0.15) is 18.2 Å². The highest BCUT2D eigenvalue weighted by molar-refractivity contribution is 5.85. The number of aryl methyl sites for hydroxylation is 1. The van der Waals surface area contributed by atoms with Crippen molar-refractivity contribution in [2.24, 2.45) is 0 Å². The summed E-state index contributed by atoms with van der Waals surface area (Å²) in [5.41, 5.74) is 1.05. The predicted molar refractivity (Wildman–Crippen MR) is 78.4 cm³/mol. The SMILES string of the molecule is COC(=O)C(C)(Nc1ccc(C)cc1)c1ccc(F)cn1. The number of ether oxygens (including phenoxy) is 1. The maximum atomic E-state index is 13.0. The van der Waals surface area contributed by atoms with Gasteiger partial charge in [0.1, 0.15) is 5.82 Å². The number of aromatic nitrogens is 1. The van der Waals surface area contributed by atoms with Crippen LogP contribution in [0.3, 0.4) is 0 Å². The minimum Gasteiger partial charge on any atom is -0.467 e. The Balaban J connectivity index is 2.39. The molecule has 1 aromatic heterocycles. The fourth-order valence-corrected chi connectivity index (χ4v) is 2.02. The molecule has 21 heavy (non-hydrogen) atoms. The monoisotopic (exact) mass is 288 g/mol. The second kappa shape index (κ2) is 5.91. The number of halogens is 1. The van der Waals surface area contributed by atoms with E-state index in [1.807, 2.05) is 31.2 Å². The van der Waals surface area contributed by atoms with E-state index in [1.54, 1.807) is 6.92 Å². The fourth-order valence-electron chi connectivity index (χ4n) is 2.02. The van der Waals surface area contributed by atoms with Crippen molar-refractivity contribution in [3.05, 3.63) is 59.7 Å². The molecule has 0 radical (unpaired) electrons. The van der Waals surface area contributed by atoms with Crippen LogP contribution in [0.2, 0.25) is 0 Å². The van der Waals surface area contributed by atoms with Gasteiger partial charge in [0, 0.05) is 5.69 Å². The molecule has 0 saturated carbocycles. The van der Waals surface area contributed by atoms with Crippen LogP contribution in [0.5, 0.6) is 0 Å². The third kappa shape index (κ3) is 3.18. The quantitative estimate of drug-likeness (QED) is 0.879. The van der Waals surface area contributed by atoms with E-state index in [9.17, 15) is 9.18 Å². The Morgan fingerprint density at radius 2 is 1.90 bits per heavy atom. The van der Waals surface area contributed by atoms with Gasteiger partial charge in [0.25, 0.3) is 0 Å². The van der Waals surface area contributed by atoms with Crippen LogP contribution >= 0.6 is 0 Å². The number of nitrogens with zero attached hydrogens (tertiary/aromatic N) is 1. The maximum absolute atomic E-state index is 13.0. The van der Waals surface area contributed by atoms with Gasteiger partial charge in [-0.1, -0.05) is 17.7 Å². The van der Waals surface area contributed by atoms with Crippen LogP contribution in [0, 0.1) is 12.7 Å². The van der Waals surface area contributed by atoms with E-state index in [0.29, 0.717) is 5.69 Å². The summed E-state index contributed by atoms with van der Waals surface area (Å²) in [5, 5.41) is 3.11. The van der Waals surface area contributed by atoms with Gasteiger partial charge < -0.3 is 10.1 Å². The molecule has 5 heteroatoms. The molecule has 0 aliphatic rings. The molecule has 0 aliphatic heterocycles. The number of carbonyl (C=O) groups is 1. The molecule has 0 spiro atoms. The second-order valence-electron chi connectivity index (χ2n) is 4.97. The lowest BCUT2D eigenvalue weighted by atomic mass is 9.96. The van der Waals surface area contributed by atoms with E-state index >= 15 is 0 Å². The van der Waals surface area contributed by atoms with Gasteiger partial charge in [-0.3, -0.25) is 4.98 Å². The number of carbonyl (C=O) groups excluding carboxylic acids is 1. The molecule has 4 nitrogen and oxygen atoms in total. The van der Waals surface area contributed by atoms with E-state index < -0.39 is 17.3 Å². The first-order valence-corrected chi connectivity index (χ1v) is 6.51. The smallest absolute Gasteiger partial charge is 0.337 e. The highest BCUT2D eigenvalue weighted by atomic mass is 19.1. The summed E-state index contributed by atoms with van der Waals surface area (Å²) in [6.45, 7) is 3.63. The van der Waals surface area contributed by atoms with E-state index in [-0.39, 0.29) is 0 Å². The maximum Gasteiger partial charge on any atom is 0.337 e. The first-order chi connectivity index (χ1) is 9.95. The molecule has 0 saturated heterocycles. The Morgan fingerprint density at radius 3 is 2.43 bits per heavy atom. The first kappa shape index (κ1) is 15.0. The first-order valence-electron chi connectivity index (χ1n) is 6.51. The van der Waals surface area contributed by atoms with Crippen LogP contribution < -0.4 is 5.32 Å². The highest BCUT2D eigenvalue weighted by Crippen LogP contribution is 2.26. The standard InChI is InChI=1S/C16H17FN2O2/c1-11-4-7-13(8-5-11)19-16(2,15(20)21-3)14-9-6-12(17)10-18-14/h4-10,19H,1-3H3. The van der Waals surface area contributed by atoms with Gasteiger partial charge in [-0.05, 0) is 38.1 Å². The molecule has 1 heterocycles. The van der Waals surface area contributed by atoms with Crippen LogP contribution in [0.15, 0.2) is 42.6 Å². The summed E-state index contributed by atoms with van der Waals surface area (Å²) < 4.78 is 17.9. The number of nitrogens with one attached hydrogen (secondary N) is 1. The number of pyridine rings is 1. The molecule has 2 rings (SSSR count). The van der Waals surface area contributed by atoms with Gasteiger partial charge >= 0.3 is 5.97 Å². The lowest BCUT2D eigenvalue weighted by Gasteiger charge is -2.28. The molecule has 0 aliphatic carbocycles. The summed E-state index contributed by atoms with van der Waals surface area (Å²) in [6.07, 6.45) is 1.08. The van der Waals surface area contributed by atoms with Gasteiger partial charge in [0.05, 0.1) is 19.0 Å². The van der Waals surface area contributed by atoms with Crippen molar-refractivity contribution in [1.29, 1.82) is 0 Å². The summed E-state index contributed by atoms with van der Waals surface area (Å²) >= 11 is 0.